The average molecular weight is 279 g/mol. The number of aliphatic hydroxyl groups excluding tert-OH is 1. The minimum atomic E-state index is -0.598. The van der Waals surface area contributed by atoms with Gasteiger partial charge < -0.3 is 21.3 Å². The van der Waals surface area contributed by atoms with Crippen molar-refractivity contribution in [2.45, 2.75) is 12.5 Å². The molecular weight excluding hydrogens is 258 g/mol. The van der Waals surface area contributed by atoms with Crippen LogP contribution in [-0.2, 0) is 4.79 Å². The van der Waals surface area contributed by atoms with Crippen molar-refractivity contribution in [1.82, 2.24) is 4.90 Å². The number of nitrogens with zero attached hydrogens (tertiary/aromatic N) is 1. The third-order valence-electron chi connectivity index (χ3n) is 3.47. The molecule has 0 saturated carbocycles. The first-order valence-electron chi connectivity index (χ1n) is 6.72. The Balaban J connectivity index is 1.72. The van der Waals surface area contributed by atoms with Gasteiger partial charge in [-0.1, -0.05) is 0 Å². The second kappa shape index (κ2) is 6.58. The molecule has 1 saturated heterocycles. The molecule has 6 heteroatoms. The van der Waals surface area contributed by atoms with Crippen molar-refractivity contribution < 1.29 is 14.6 Å². The summed E-state index contributed by atoms with van der Waals surface area (Å²) in [7, 11) is 0. The molecular formula is C14H21N3O3. The third kappa shape index (κ3) is 4.11. The second-order valence-corrected chi connectivity index (χ2v) is 5.18. The largest absolute Gasteiger partial charge is 0.491 e. The first kappa shape index (κ1) is 14.6. The number of carbonyl (C=O) groups excluding carboxylic acids is 1. The van der Waals surface area contributed by atoms with Crippen LogP contribution < -0.4 is 16.2 Å². The fourth-order valence-electron chi connectivity index (χ4n) is 2.34. The first-order valence-corrected chi connectivity index (χ1v) is 6.72. The normalized spacial score (nSPS) is 20.8. The Morgan fingerprint density at radius 3 is 2.75 bits per heavy atom. The maximum absolute atomic E-state index is 11.1. The number of aliphatic hydroxyl groups is 1. The van der Waals surface area contributed by atoms with E-state index >= 15 is 0 Å². The fraction of sp³-hybridized carbons (Fsp3) is 0.500. The number of likely N-dealkylation sites (tertiary alicyclic amines) is 1. The van der Waals surface area contributed by atoms with E-state index in [1.807, 2.05) is 4.90 Å². The Morgan fingerprint density at radius 2 is 2.15 bits per heavy atom. The number of benzene rings is 1. The number of ether oxygens (including phenoxy) is 1. The molecule has 1 heterocycles. The summed E-state index contributed by atoms with van der Waals surface area (Å²) in [4.78, 5) is 13.1. The van der Waals surface area contributed by atoms with Gasteiger partial charge in [-0.15, -0.1) is 0 Å². The molecule has 1 aliphatic heterocycles. The molecule has 20 heavy (non-hydrogen) atoms. The number of nitrogen functional groups attached to an aromatic ring is 1. The van der Waals surface area contributed by atoms with Crippen LogP contribution in [0.25, 0.3) is 0 Å². The third-order valence-corrected chi connectivity index (χ3v) is 3.47. The van der Waals surface area contributed by atoms with Gasteiger partial charge in [0.1, 0.15) is 18.5 Å². The molecule has 110 valence electrons. The van der Waals surface area contributed by atoms with Crippen LogP contribution in [0.5, 0.6) is 5.75 Å². The molecule has 6 nitrogen and oxygen atoms in total. The lowest BCUT2D eigenvalue weighted by atomic mass is 10.1. The highest BCUT2D eigenvalue weighted by molar-refractivity contribution is 5.77. The SMILES string of the molecule is NC(=O)C1CCN(CC(O)COc2ccc(N)cc2)C1. The molecule has 1 aromatic carbocycles. The second-order valence-electron chi connectivity index (χ2n) is 5.18. The number of primary amides is 1. The lowest BCUT2D eigenvalue weighted by Crippen LogP contribution is -2.35. The molecule has 0 aromatic heterocycles. The predicted molar refractivity (Wildman–Crippen MR) is 76.1 cm³/mol. The van der Waals surface area contributed by atoms with Crippen LogP contribution in [0.15, 0.2) is 24.3 Å². The lowest BCUT2D eigenvalue weighted by Gasteiger charge is -2.20. The van der Waals surface area contributed by atoms with Crippen LogP contribution in [0, 0.1) is 5.92 Å². The highest BCUT2D eigenvalue weighted by atomic mass is 16.5. The molecule has 0 radical (unpaired) electrons. The Bertz CT molecular complexity index is 449. The first-order chi connectivity index (χ1) is 9.54. The summed E-state index contributed by atoms with van der Waals surface area (Å²) < 4.78 is 5.48. The topological polar surface area (TPSA) is 102 Å². The van der Waals surface area contributed by atoms with E-state index in [1.54, 1.807) is 24.3 Å². The Hall–Kier alpha value is -1.79. The minimum Gasteiger partial charge on any atom is -0.491 e. The molecule has 1 aromatic rings. The number of β-amino-alcohol motifs (C(OH)–C–C–N with tert-alkyl or cyclic N) is 1. The highest BCUT2D eigenvalue weighted by Crippen LogP contribution is 2.16. The van der Waals surface area contributed by atoms with Crippen molar-refractivity contribution in [2.75, 3.05) is 32.0 Å². The minimum absolute atomic E-state index is 0.0970. The van der Waals surface area contributed by atoms with E-state index in [4.69, 9.17) is 16.2 Å². The number of rotatable bonds is 6. The number of nitrogens with two attached hydrogens (primary N) is 2. The van der Waals surface area contributed by atoms with Crippen LogP contribution in [0.3, 0.4) is 0 Å². The van der Waals surface area contributed by atoms with E-state index in [0.29, 0.717) is 24.5 Å². The Morgan fingerprint density at radius 1 is 1.45 bits per heavy atom. The number of hydrogen-bond acceptors (Lipinski definition) is 5. The van der Waals surface area contributed by atoms with Crippen molar-refractivity contribution >= 4 is 11.6 Å². The van der Waals surface area contributed by atoms with Crippen LogP contribution in [0.2, 0.25) is 0 Å². The summed E-state index contributed by atoms with van der Waals surface area (Å²) in [6, 6.07) is 7.03. The van der Waals surface area contributed by atoms with Crippen molar-refractivity contribution in [3.8, 4) is 5.75 Å². The van der Waals surface area contributed by atoms with Gasteiger partial charge in [0, 0.05) is 18.8 Å². The van der Waals surface area contributed by atoms with Crippen LogP contribution >= 0.6 is 0 Å². The van der Waals surface area contributed by atoms with Gasteiger partial charge in [0.15, 0.2) is 0 Å². The Kier molecular flexibility index (Phi) is 4.81. The van der Waals surface area contributed by atoms with Crippen LogP contribution in [0.4, 0.5) is 5.69 Å². The van der Waals surface area contributed by atoms with Crippen molar-refractivity contribution in [3.63, 3.8) is 0 Å². The highest BCUT2D eigenvalue weighted by Gasteiger charge is 2.27. The molecule has 5 N–H and O–H groups in total. The van der Waals surface area contributed by atoms with Gasteiger partial charge in [0.2, 0.25) is 5.91 Å². The summed E-state index contributed by atoms with van der Waals surface area (Å²) in [5.74, 6) is 0.315. The van der Waals surface area contributed by atoms with Crippen LogP contribution in [-0.4, -0.2) is 48.3 Å². The zero-order valence-corrected chi connectivity index (χ0v) is 11.4. The molecule has 1 fully saturated rings. The summed E-state index contributed by atoms with van der Waals surface area (Å²) in [6.45, 7) is 2.10. The van der Waals surface area contributed by atoms with Gasteiger partial charge in [-0.2, -0.15) is 0 Å². The molecule has 0 bridgehead atoms. The van der Waals surface area contributed by atoms with Crippen molar-refractivity contribution in [3.05, 3.63) is 24.3 Å². The summed E-state index contributed by atoms with van der Waals surface area (Å²) in [5, 5.41) is 9.94. The zero-order chi connectivity index (χ0) is 14.5. The number of hydrogen-bond donors (Lipinski definition) is 3. The van der Waals surface area contributed by atoms with E-state index in [2.05, 4.69) is 0 Å². The molecule has 2 atom stereocenters. The Labute approximate surface area is 118 Å². The van der Waals surface area contributed by atoms with E-state index in [0.717, 1.165) is 13.0 Å². The van der Waals surface area contributed by atoms with Gasteiger partial charge in [-0.3, -0.25) is 9.69 Å². The number of anilines is 1. The summed E-state index contributed by atoms with van der Waals surface area (Å²) >= 11 is 0. The van der Waals surface area contributed by atoms with Gasteiger partial charge in [0.25, 0.3) is 0 Å². The van der Waals surface area contributed by atoms with Gasteiger partial charge in [-0.25, -0.2) is 0 Å². The van der Waals surface area contributed by atoms with E-state index in [9.17, 15) is 9.90 Å². The molecule has 1 aliphatic rings. The quantitative estimate of drug-likeness (QED) is 0.627. The fourth-order valence-corrected chi connectivity index (χ4v) is 2.34. The van der Waals surface area contributed by atoms with Crippen LogP contribution in [0.1, 0.15) is 6.42 Å². The van der Waals surface area contributed by atoms with Crippen molar-refractivity contribution in [2.24, 2.45) is 11.7 Å². The molecule has 2 unspecified atom stereocenters. The molecule has 1 amide bonds. The summed E-state index contributed by atoms with van der Waals surface area (Å²) in [6.07, 6.45) is 0.167. The number of carbonyl (C=O) groups is 1. The van der Waals surface area contributed by atoms with Gasteiger partial charge in [0.05, 0.1) is 5.92 Å². The molecule has 2 rings (SSSR count). The lowest BCUT2D eigenvalue weighted by molar-refractivity contribution is -0.121. The van der Waals surface area contributed by atoms with E-state index in [-0.39, 0.29) is 18.4 Å². The standard InChI is InChI=1S/C14H21N3O3/c15-11-1-3-13(4-2-11)20-9-12(18)8-17-6-5-10(7-17)14(16)19/h1-4,10,12,18H,5-9,15H2,(H2,16,19). The molecule has 0 spiro atoms. The summed E-state index contributed by atoms with van der Waals surface area (Å²) in [5.41, 5.74) is 11.5. The van der Waals surface area contributed by atoms with Crippen molar-refractivity contribution in [1.29, 1.82) is 0 Å². The smallest absolute Gasteiger partial charge is 0.221 e. The number of amides is 1. The van der Waals surface area contributed by atoms with E-state index in [1.165, 1.54) is 0 Å². The van der Waals surface area contributed by atoms with Gasteiger partial charge in [-0.05, 0) is 37.2 Å². The zero-order valence-electron chi connectivity index (χ0n) is 11.4. The molecule has 0 aliphatic carbocycles. The maximum atomic E-state index is 11.1. The maximum Gasteiger partial charge on any atom is 0.221 e. The monoisotopic (exact) mass is 279 g/mol. The predicted octanol–water partition coefficient (Wildman–Crippen LogP) is -0.184. The van der Waals surface area contributed by atoms with Gasteiger partial charge >= 0.3 is 0 Å². The average Bonchev–Trinajstić information content (AvgIpc) is 2.87. The van der Waals surface area contributed by atoms with E-state index < -0.39 is 6.10 Å².